The van der Waals surface area contributed by atoms with Crippen molar-refractivity contribution in [2.24, 2.45) is 11.5 Å². The summed E-state index contributed by atoms with van der Waals surface area (Å²) in [4.78, 5) is 0. The first-order valence-corrected chi connectivity index (χ1v) is 9.14. The van der Waals surface area contributed by atoms with Crippen LogP contribution in [0.3, 0.4) is 0 Å². The first-order chi connectivity index (χ1) is 10.3. The van der Waals surface area contributed by atoms with E-state index < -0.39 is 0 Å². The maximum absolute atomic E-state index is 5.70. The maximum Gasteiger partial charge on any atom is 0.00225 e. The van der Waals surface area contributed by atoms with E-state index in [-0.39, 0.29) is 0 Å². The smallest absolute Gasteiger partial charge is 0.00225 e. The standard InChI is InChI=1S/C17H40N4/c1-17(19)11-16-21-14-9-7-5-3-2-4-6-8-13-20-15-10-12-18/h17,20-21H,2-16,18-19H2,1H3. The largest absolute Gasteiger partial charge is 0.330 e. The molecule has 1 atom stereocenters. The number of hydrogen-bond donors (Lipinski definition) is 4. The average Bonchev–Trinajstić information content (AvgIpc) is 2.46. The van der Waals surface area contributed by atoms with E-state index in [4.69, 9.17) is 11.5 Å². The lowest BCUT2D eigenvalue weighted by atomic mass is 10.1. The first kappa shape index (κ1) is 20.8. The van der Waals surface area contributed by atoms with Gasteiger partial charge in [0.25, 0.3) is 0 Å². The molecule has 4 nitrogen and oxygen atoms in total. The first-order valence-electron chi connectivity index (χ1n) is 9.14. The van der Waals surface area contributed by atoms with Crippen molar-refractivity contribution in [1.82, 2.24) is 10.6 Å². The topological polar surface area (TPSA) is 76.1 Å². The van der Waals surface area contributed by atoms with Crippen LogP contribution in [-0.4, -0.2) is 38.8 Å². The van der Waals surface area contributed by atoms with Gasteiger partial charge in [-0.1, -0.05) is 38.5 Å². The van der Waals surface area contributed by atoms with E-state index in [2.05, 4.69) is 17.6 Å². The van der Waals surface area contributed by atoms with Gasteiger partial charge in [0.2, 0.25) is 0 Å². The van der Waals surface area contributed by atoms with Gasteiger partial charge in [-0.3, -0.25) is 0 Å². The average molecular weight is 301 g/mol. The van der Waals surface area contributed by atoms with Crippen LogP contribution in [0.15, 0.2) is 0 Å². The monoisotopic (exact) mass is 300 g/mol. The fourth-order valence-electron chi connectivity index (χ4n) is 2.37. The molecule has 0 radical (unpaired) electrons. The van der Waals surface area contributed by atoms with E-state index in [1.54, 1.807) is 0 Å². The summed E-state index contributed by atoms with van der Waals surface area (Å²) in [5, 5.41) is 6.90. The summed E-state index contributed by atoms with van der Waals surface area (Å²) in [6.07, 6.45) is 13.1. The van der Waals surface area contributed by atoms with E-state index in [1.807, 2.05) is 0 Å². The van der Waals surface area contributed by atoms with Gasteiger partial charge in [-0.25, -0.2) is 0 Å². The second-order valence-corrected chi connectivity index (χ2v) is 6.24. The fourth-order valence-corrected chi connectivity index (χ4v) is 2.37. The molecule has 0 bridgehead atoms. The Hall–Kier alpha value is -0.160. The van der Waals surface area contributed by atoms with Crippen LogP contribution in [0.1, 0.15) is 71.1 Å². The van der Waals surface area contributed by atoms with E-state index in [1.165, 1.54) is 51.4 Å². The molecule has 128 valence electrons. The molecule has 21 heavy (non-hydrogen) atoms. The van der Waals surface area contributed by atoms with Crippen molar-refractivity contribution in [3.8, 4) is 0 Å². The maximum atomic E-state index is 5.70. The summed E-state index contributed by atoms with van der Waals surface area (Å²) < 4.78 is 0. The molecule has 6 N–H and O–H groups in total. The van der Waals surface area contributed by atoms with Crippen LogP contribution < -0.4 is 22.1 Å². The van der Waals surface area contributed by atoms with Crippen molar-refractivity contribution in [1.29, 1.82) is 0 Å². The Morgan fingerprint density at radius 1 is 0.667 bits per heavy atom. The minimum Gasteiger partial charge on any atom is -0.330 e. The molecule has 0 spiro atoms. The Kier molecular flexibility index (Phi) is 17.8. The SMILES string of the molecule is CC(N)CCNCCCCCCCCCCNCCCN. The third-order valence-electron chi connectivity index (χ3n) is 3.79. The number of unbranched alkanes of at least 4 members (excludes halogenated alkanes) is 7. The van der Waals surface area contributed by atoms with Gasteiger partial charge in [-0.2, -0.15) is 0 Å². The summed E-state index contributed by atoms with van der Waals surface area (Å²) >= 11 is 0. The molecule has 0 heterocycles. The highest BCUT2D eigenvalue weighted by Gasteiger charge is 1.95. The molecule has 0 aromatic heterocycles. The molecule has 0 saturated heterocycles. The molecule has 0 saturated carbocycles. The molecule has 0 amide bonds. The zero-order chi connectivity index (χ0) is 15.6. The van der Waals surface area contributed by atoms with Crippen molar-refractivity contribution in [2.75, 3.05) is 32.7 Å². The lowest BCUT2D eigenvalue weighted by Gasteiger charge is -2.07. The molecular weight excluding hydrogens is 260 g/mol. The van der Waals surface area contributed by atoms with Crippen LogP contribution in [-0.2, 0) is 0 Å². The molecule has 1 unspecified atom stereocenters. The van der Waals surface area contributed by atoms with Gasteiger partial charge in [0.1, 0.15) is 0 Å². The van der Waals surface area contributed by atoms with E-state index >= 15 is 0 Å². The molecule has 0 rings (SSSR count). The van der Waals surface area contributed by atoms with Crippen LogP contribution in [0.4, 0.5) is 0 Å². The minimum absolute atomic E-state index is 0.327. The van der Waals surface area contributed by atoms with Crippen LogP contribution >= 0.6 is 0 Å². The second kappa shape index (κ2) is 17.9. The van der Waals surface area contributed by atoms with Crippen molar-refractivity contribution in [2.45, 2.75) is 77.2 Å². The Bertz CT molecular complexity index is 186. The summed E-state index contributed by atoms with van der Waals surface area (Å²) in [6.45, 7) is 7.33. The van der Waals surface area contributed by atoms with Crippen molar-refractivity contribution in [3.05, 3.63) is 0 Å². The van der Waals surface area contributed by atoms with Crippen LogP contribution in [0.25, 0.3) is 0 Å². The molecule has 0 aliphatic carbocycles. The normalized spacial score (nSPS) is 12.7. The van der Waals surface area contributed by atoms with E-state index in [0.717, 1.165) is 45.6 Å². The fraction of sp³-hybridized carbons (Fsp3) is 1.00. The summed E-state index contributed by atoms with van der Waals surface area (Å²) in [5.41, 5.74) is 11.1. The molecular formula is C17H40N4. The summed E-state index contributed by atoms with van der Waals surface area (Å²) in [6, 6.07) is 0.327. The van der Waals surface area contributed by atoms with Crippen LogP contribution in [0.2, 0.25) is 0 Å². The molecule has 0 aromatic rings. The quantitative estimate of drug-likeness (QED) is 0.311. The minimum atomic E-state index is 0.327. The van der Waals surface area contributed by atoms with Gasteiger partial charge in [0, 0.05) is 6.04 Å². The van der Waals surface area contributed by atoms with Gasteiger partial charge in [0.15, 0.2) is 0 Å². The van der Waals surface area contributed by atoms with Gasteiger partial charge in [-0.15, -0.1) is 0 Å². The highest BCUT2D eigenvalue weighted by Crippen LogP contribution is 2.08. The molecule has 0 fully saturated rings. The molecule has 4 heteroatoms. The van der Waals surface area contributed by atoms with Crippen molar-refractivity contribution >= 4 is 0 Å². The third kappa shape index (κ3) is 19.8. The summed E-state index contributed by atoms with van der Waals surface area (Å²) in [5.74, 6) is 0. The third-order valence-corrected chi connectivity index (χ3v) is 3.79. The Balaban J connectivity index is 2.93. The predicted molar refractivity (Wildman–Crippen MR) is 94.6 cm³/mol. The predicted octanol–water partition coefficient (Wildman–Crippen LogP) is 2.37. The number of hydrogen-bond acceptors (Lipinski definition) is 4. The second-order valence-electron chi connectivity index (χ2n) is 6.24. The van der Waals surface area contributed by atoms with Crippen LogP contribution in [0.5, 0.6) is 0 Å². The number of nitrogens with one attached hydrogen (secondary N) is 2. The lowest BCUT2D eigenvalue weighted by molar-refractivity contribution is 0.530. The lowest BCUT2D eigenvalue weighted by Crippen LogP contribution is -2.24. The van der Waals surface area contributed by atoms with Gasteiger partial charge < -0.3 is 22.1 Å². The van der Waals surface area contributed by atoms with Crippen LogP contribution in [0, 0.1) is 0 Å². The van der Waals surface area contributed by atoms with Gasteiger partial charge in [0.05, 0.1) is 0 Å². The number of rotatable bonds is 17. The zero-order valence-corrected chi connectivity index (χ0v) is 14.3. The van der Waals surface area contributed by atoms with E-state index in [0.29, 0.717) is 6.04 Å². The van der Waals surface area contributed by atoms with Crippen molar-refractivity contribution < 1.29 is 0 Å². The van der Waals surface area contributed by atoms with Gasteiger partial charge in [-0.05, 0) is 65.3 Å². The zero-order valence-electron chi connectivity index (χ0n) is 14.3. The molecule has 0 aromatic carbocycles. The van der Waals surface area contributed by atoms with Crippen molar-refractivity contribution in [3.63, 3.8) is 0 Å². The van der Waals surface area contributed by atoms with E-state index in [9.17, 15) is 0 Å². The van der Waals surface area contributed by atoms with Gasteiger partial charge >= 0.3 is 0 Å². The number of nitrogens with two attached hydrogens (primary N) is 2. The Labute approximate surface area is 132 Å². The molecule has 0 aliphatic rings. The summed E-state index contributed by atoms with van der Waals surface area (Å²) in [7, 11) is 0. The Morgan fingerprint density at radius 2 is 1.10 bits per heavy atom. The Morgan fingerprint density at radius 3 is 1.57 bits per heavy atom. The molecule has 0 aliphatic heterocycles. The highest BCUT2D eigenvalue weighted by molar-refractivity contribution is 4.56. The highest BCUT2D eigenvalue weighted by atomic mass is 14.9.